The molecular weight excluding hydrogens is 272 g/mol. The summed E-state index contributed by atoms with van der Waals surface area (Å²) in [7, 11) is 0. The molecule has 0 aliphatic heterocycles. The largest absolute Gasteiger partial charge is 0.475 e. The quantitative estimate of drug-likeness (QED) is 0.793. The Bertz CT molecular complexity index is 797. The van der Waals surface area contributed by atoms with Gasteiger partial charge in [-0.15, -0.1) is 0 Å². The number of hydrogen-bond donors (Lipinski definition) is 1. The van der Waals surface area contributed by atoms with Crippen molar-refractivity contribution in [2.24, 2.45) is 0 Å². The number of rotatable bonds is 3. The average Bonchev–Trinajstić information content (AvgIpc) is 3.07. The number of aromatic nitrogens is 2. The van der Waals surface area contributed by atoms with Crippen LogP contribution in [0.4, 0.5) is 0 Å². The van der Waals surface area contributed by atoms with E-state index in [2.05, 4.69) is 10.3 Å². The van der Waals surface area contributed by atoms with Crippen LogP contribution in [0.3, 0.4) is 0 Å². The van der Waals surface area contributed by atoms with Gasteiger partial charge in [-0.05, 0) is 25.5 Å². The lowest BCUT2D eigenvalue weighted by Crippen LogP contribution is -1.91. The lowest BCUT2D eigenvalue weighted by Gasteiger charge is -2.02. The van der Waals surface area contributed by atoms with Crippen molar-refractivity contribution in [3.8, 4) is 22.4 Å². The minimum absolute atomic E-state index is 0.187. The summed E-state index contributed by atoms with van der Waals surface area (Å²) < 4.78 is 9.95. The molecule has 0 amide bonds. The fourth-order valence-electron chi connectivity index (χ4n) is 2.24. The van der Waals surface area contributed by atoms with Crippen molar-refractivity contribution in [2.45, 2.75) is 13.8 Å². The third-order valence-electron chi connectivity index (χ3n) is 3.20. The van der Waals surface area contributed by atoms with E-state index in [0.717, 1.165) is 28.1 Å². The van der Waals surface area contributed by atoms with Gasteiger partial charge in [0.1, 0.15) is 11.5 Å². The van der Waals surface area contributed by atoms with Crippen LogP contribution in [-0.2, 0) is 0 Å². The normalized spacial score (nSPS) is 10.8. The second-order valence-electron chi connectivity index (χ2n) is 4.66. The van der Waals surface area contributed by atoms with Gasteiger partial charge in [-0.25, -0.2) is 4.79 Å². The highest BCUT2D eigenvalue weighted by Crippen LogP contribution is 2.30. The molecule has 1 aromatic carbocycles. The zero-order chi connectivity index (χ0) is 15.0. The van der Waals surface area contributed by atoms with Crippen LogP contribution in [0.5, 0.6) is 0 Å². The fourth-order valence-corrected chi connectivity index (χ4v) is 2.24. The van der Waals surface area contributed by atoms with E-state index >= 15 is 0 Å². The van der Waals surface area contributed by atoms with Crippen LogP contribution >= 0.6 is 0 Å². The first kappa shape index (κ1) is 13.1. The van der Waals surface area contributed by atoms with Gasteiger partial charge in [0.25, 0.3) is 0 Å². The summed E-state index contributed by atoms with van der Waals surface area (Å²) in [6.45, 7) is 3.72. The third-order valence-corrected chi connectivity index (χ3v) is 3.20. The van der Waals surface area contributed by atoms with Crippen LogP contribution in [0.1, 0.15) is 22.0 Å². The molecule has 6 nitrogen and oxygen atoms in total. The van der Waals surface area contributed by atoms with E-state index < -0.39 is 5.97 Å². The number of hydrogen-bond acceptors (Lipinski definition) is 5. The number of carboxylic acid groups (broad SMARTS) is 1. The molecule has 3 rings (SSSR count). The van der Waals surface area contributed by atoms with Crippen molar-refractivity contribution in [1.29, 1.82) is 0 Å². The van der Waals surface area contributed by atoms with Gasteiger partial charge in [-0.2, -0.15) is 0 Å². The molecule has 0 saturated carbocycles. The van der Waals surface area contributed by atoms with Gasteiger partial charge in [-0.3, -0.25) is 0 Å². The Labute approximate surface area is 120 Å². The Kier molecular flexibility index (Phi) is 3.06. The summed E-state index contributed by atoms with van der Waals surface area (Å²) in [5.41, 5.74) is 3.91. The third kappa shape index (κ3) is 2.31. The first-order chi connectivity index (χ1) is 10.1. The Hall–Kier alpha value is -2.89. The summed E-state index contributed by atoms with van der Waals surface area (Å²) in [4.78, 5) is 10.8. The van der Waals surface area contributed by atoms with Gasteiger partial charge in [0.15, 0.2) is 0 Å². The van der Waals surface area contributed by atoms with E-state index in [9.17, 15) is 4.79 Å². The van der Waals surface area contributed by atoms with E-state index in [1.165, 1.54) is 6.07 Å². The predicted octanol–water partition coefficient (Wildman–Crippen LogP) is 3.31. The molecular formula is C15H12N2O4. The zero-order valence-electron chi connectivity index (χ0n) is 11.5. The monoisotopic (exact) mass is 284 g/mol. The van der Waals surface area contributed by atoms with E-state index in [0.29, 0.717) is 5.69 Å². The average molecular weight is 284 g/mol. The second-order valence-corrected chi connectivity index (χ2v) is 4.66. The van der Waals surface area contributed by atoms with Crippen molar-refractivity contribution in [2.75, 3.05) is 0 Å². The topological polar surface area (TPSA) is 89.4 Å². The highest BCUT2D eigenvalue weighted by atomic mass is 16.5. The maximum Gasteiger partial charge on any atom is 0.374 e. The van der Waals surface area contributed by atoms with Gasteiger partial charge < -0.3 is 14.2 Å². The molecule has 2 heterocycles. The smallest absolute Gasteiger partial charge is 0.374 e. The molecule has 21 heavy (non-hydrogen) atoms. The zero-order valence-corrected chi connectivity index (χ0v) is 11.5. The highest BCUT2D eigenvalue weighted by Gasteiger charge is 2.15. The van der Waals surface area contributed by atoms with Gasteiger partial charge in [-0.1, -0.05) is 28.5 Å². The van der Waals surface area contributed by atoms with E-state index in [-0.39, 0.29) is 5.76 Å². The molecule has 106 valence electrons. The first-order valence-electron chi connectivity index (χ1n) is 6.30. The molecule has 0 aliphatic carbocycles. The van der Waals surface area contributed by atoms with Crippen molar-refractivity contribution >= 4 is 5.97 Å². The molecule has 0 fully saturated rings. The number of aryl methyl sites for hydroxylation is 2. The van der Waals surface area contributed by atoms with Gasteiger partial charge in [0, 0.05) is 17.2 Å². The molecule has 0 saturated heterocycles. The molecule has 2 aromatic heterocycles. The van der Waals surface area contributed by atoms with Crippen molar-refractivity contribution in [1.82, 2.24) is 10.3 Å². The van der Waals surface area contributed by atoms with Crippen LogP contribution in [0.15, 0.2) is 39.4 Å². The molecule has 0 spiro atoms. The summed E-state index contributed by atoms with van der Waals surface area (Å²) in [5.74, 6) is -0.598. The van der Waals surface area contributed by atoms with E-state index in [1.54, 1.807) is 0 Å². The Morgan fingerprint density at radius 2 is 1.86 bits per heavy atom. The Morgan fingerprint density at radius 1 is 1.10 bits per heavy atom. The molecule has 0 radical (unpaired) electrons. The molecule has 0 atom stereocenters. The summed E-state index contributed by atoms with van der Waals surface area (Å²) in [6.07, 6.45) is 0. The fraction of sp³-hybridized carbons (Fsp3) is 0.133. The number of benzene rings is 1. The molecule has 6 heteroatoms. The molecule has 0 unspecified atom stereocenters. The van der Waals surface area contributed by atoms with Crippen molar-refractivity contribution in [3.05, 3.63) is 47.5 Å². The van der Waals surface area contributed by atoms with Crippen molar-refractivity contribution < 1.29 is 18.9 Å². The second kappa shape index (κ2) is 4.90. The maximum absolute atomic E-state index is 10.8. The van der Waals surface area contributed by atoms with Crippen LogP contribution in [0, 0.1) is 13.8 Å². The highest BCUT2D eigenvalue weighted by molar-refractivity contribution is 5.86. The van der Waals surface area contributed by atoms with Crippen LogP contribution in [0.2, 0.25) is 0 Å². The summed E-state index contributed by atoms with van der Waals surface area (Å²) >= 11 is 0. The standard InChI is InChI=1S/C15H12N2O4/c1-8-14(9(2)20-16-8)11-5-3-4-10(6-11)12-7-13(15(18)19)21-17-12/h3-7H,1-2H3,(H,18,19). The Morgan fingerprint density at radius 3 is 2.48 bits per heavy atom. The number of carbonyl (C=O) groups is 1. The predicted molar refractivity (Wildman–Crippen MR) is 73.9 cm³/mol. The van der Waals surface area contributed by atoms with E-state index in [1.807, 2.05) is 38.1 Å². The number of aromatic carboxylic acids is 1. The lowest BCUT2D eigenvalue weighted by atomic mass is 10.0. The minimum atomic E-state index is -1.14. The van der Waals surface area contributed by atoms with E-state index in [4.69, 9.17) is 14.2 Å². The van der Waals surface area contributed by atoms with Gasteiger partial charge in [0.2, 0.25) is 5.76 Å². The van der Waals surface area contributed by atoms with Crippen molar-refractivity contribution in [3.63, 3.8) is 0 Å². The van der Waals surface area contributed by atoms with Crippen LogP contribution in [-0.4, -0.2) is 21.4 Å². The molecule has 0 aliphatic rings. The Balaban J connectivity index is 2.06. The number of nitrogens with zero attached hydrogens (tertiary/aromatic N) is 2. The summed E-state index contributed by atoms with van der Waals surface area (Å²) in [5, 5.41) is 16.6. The minimum Gasteiger partial charge on any atom is -0.475 e. The molecule has 3 aromatic rings. The molecule has 1 N–H and O–H groups in total. The van der Waals surface area contributed by atoms with Crippen LogP contribution in [0.25, 0.3) is 22.4 Å². The van der Waals surface area contributed by atoms with Gasteiger partial charge in [0.05, 0.1) is 5.69 Å². The SMILES string of the molecule is Cc1noc(C)c1-c1cccc(-c2cc(C(=O)O)on2)c1. The first-order valence-corrected chi connectivity index (χ1v) is 6.30. The van der Waals surface area contributed by atoms with Crippen LogP contribution < -0.4 is 0 Å². The molecule has 0 bridgehead atoms. The summed E-state index contributed by atoms with van der Waals surface area (Å²) in [6, 6.07) is 8.94. The maximum atomic E-state index is 10.8. The van der Waals surface area contributed by atoms with Gasteiger partial charge >= 0.3 is 5.97 Å². The lowest BCUT2D eigenvalue weighted by molar-refractivity contribution is 0.0652. The number of carboxylic acids is 1.